The van der Waals surface area contributed by atoms with Crippen molar-refractivity contribution >= 4 is 12.1 Å². The van der Waals surface area contributed by atoms with E-state index < -0.39 is 5.92 Å². The van der Waals surface area contributed by atoms with Gasteiger partial charge in [0.15, 0.2) is 17.8 Å². The maximum atomic E-state index is 12.2. The first-order valence-electron chi connectivity index (χ1n) is 5.38. The van der Waals surface area contributed by atoms with Crippen LogP contribution < -0.4 is 0 Å². The zero-order valence-corrected chi connectivity index (χ0v) is 8.96. The highest BCUT2D eigenvalue weighted by atomic mass is 16.5. The maximum absolute atomic E-state index is 12.2. The van der Waals surface area contributed by atoms with Gasteiger partial charge >= 0.3 is 0 Å². The zero-order valence-electron chi connectivity index (χ0n) is 8.96. The Morgan fingerprint density at radius 3 is 3.00 bits per heavy atom. The van der Waals surface area contributed by atoms with E-state index in [0.29, 0.717) is 18.7 Å². The summed E-state index contributed by atoms with van der Waals surface area (Å²) in [5.74, 6) is 0.204. The Bertz CT molecular complexity index is 535. The molecular weight excluding hydrogens is 220 g/mol. The summed E-state index contributed by atoms with van der Waals surface area (Å²) >= 11 is 0. The second-order valence-corrected chi connectivity index (χ2v) is 4.10. The lowest BCUT2D eigenvalue weighted by Gasteiger charge is -2.19. The van der Waals surface area contributed by atoms with Crippen LogP contribution in [0.3, 0.4) is 0 Å². The number of aldehydes is 1. The molecule has 4 nitrogen and oxygen atoms in total. The van der Waals surface area contributed by atoms with E-state index >= 15 is 0 Å². The van der Waals surface area contributed by atoms with E-state index in [4.69, 9.17) is 9.15 Å². The highest BCUT2D eigenvalue weighted by molar-refractivity contribution is 5.94. The molecule has 2 unspecified atom stereocenters. The molecule has 1 aromatic rings. The third kappa shape index (κ3) is 1.53. The number of furan rings is 1. The van der Waals surface area contributed by atoms with Gasteiger partial charge in [0.05, 0.1) is 18.1 Å². The van der Waals surface area contributed by atoms with E-state index in [9.17, 15) is 9.59 Å². The van der Waals surface area contributed by atoms with Gasteiger partial charge in [-0.3, -0.25) is 9.59 Å². The minimum absolute atomic E-state index is 0.0584. The number of fused-ring (bicyclic) bond motifs is 1. The highest BCUT2D eigenvalue weighted by Gasteiger charge is 2.36. The Hall–Kier alpha value is -2.10. The van der Waals surface area contributed by atoms with E-state index in [-0.39, 0.29) is 17.5 Å². The lowest BCUT2D eigenvalue weighted by atomic mass is 9.82. The van der Waals surface area contributed by atoms with Crippen molar-refractivity contribution in [2.45, 2.75) is 5.92 Å². The van der Waals surface area contributed by atoms with Crippen molar-refractivity contribution in [2.75, 3.05) is 6.61 Å². The first-order valence-corrected chi connectivity index (χ1v) is 5.38. The topological polar surface area (TPSA) is 56.5 Å². The molecule has 86 valence electrons. The van der Waals surface area contributed by atoms with Crippen LogP contribution in [-0.2, 0) is 9.53 Å². The molecule has 4 heteroatoms. The number of ketones is 1. The van der Waals surface area contributed by atoms with Crippen LogP contribution in [0, 0.1) is 5.92 Å². The lowest BCUT2D eigenvalue weighted by Crippen LogP contribution is -2.25. The summed E-state index contributed by atoms with van der Waals surface area (Å²) in [6.45, 7) is 0.399. The monoisotopic (exact) mass is 230 g/mol. The third-order valence-electron chi connectivity index (χ3n) is 3.09. The van der Waals surface area contributed by atoms with Crippen molar-refractivity contribution in [3.63, 3.8) is 0 Å². The van der Waals surface area contributed by atoms with Crippen LogP contribution in [0.15, 0.2) is 40.5 Å². The Morgan fingerprint density at radius 2 is 2.24 bits per heavy atom. The molecular formula is C13H10O4. The van der Waals surface area contributed by atoms with Crippen LogP contribution in [0.4, 0.5) is 0 Å². The van der Waals surface area contributed by atoms with Gasteiger partial charge in [-0.2, -0.15) is 0 Å². The molecule has 1 aromatic heterocycles. The van der Waals surface area contributed by atoms with E-state index in [1.165, 1.54) is 0 Å². The minimum atomic E-state index is -0.410. The molecule has 0 saturated carbocycles. The Kier molecular flexibility index (Phi) is 2.21. The average Bonchev–Trinajstić information content (AvgIpc) is 2.97. The summed E-state index contributed by atoms with van der Waals surface area (Å²) in [4.78, 5) is 22.7. The number of hydrogen-bond acceptors (Lipinski definition) is 4. The number of allylic oxidation sites excluding steroid dienone is 2. The van der Waals surface area contributed by atoms with Crippen LogP contribution in [0.2, 0.25) is 0 Å². The molecule has 0 saturated heterocycles. The number of ether oxygens (including phenoxy) is 1. The molecule has 0 aromatic carbocycles. The van der Waals surface area contributed by atoms with Crippen molar-refractivity contribution in [1.82, 2.24) is 0 Å². The first-order chi connectivity index (χ1) is 8.29. The summed E-state index contributed by atoms with van der Waals surface area (Å²) in [5, 5.41) is 0. The molecule has 0 amide bonds. The van der Waals surface area contributed by atoms with Crippen molar-refractivity contribution in [1.29, 1.82) is 0 Å². The molecule has 3 rings (SSSR count). The highest BCUT2D eigenvalue weighted by Crippen LogP contribution is 2.34. The molecule has 0 N–H and O–H groups in total. The Balaban J connectivity index is 1.94. The quantitative estimate of drug-likeness (QED) is 0.727. The van der Waals surface area contributed by atoms with Crippen LogP contribution in [-0.4, -0.2) is 18.7 Å². The van der Waals surface area contributed by atoms with Gasteiger partial charge in [0.25, 0.3) is 0 Å². The molecule has 0 fully saturated rings. The van der Waals surface area contributed by atoms with Gasteiger partial charge in [-0.25, -0.2) is 0 Å². The van der Waals surface area contributed by atoms with Crippen LogP contribution in [0.5, 0.6) is 0 Å². The van der Waals surface area contributed by atoms with E-state index in [1.54, 1.807) is 24.5 Å². The predicted octanol–water partition coefficient (Wildman–Crippen LogP) is 1.84. The number of carbonyl (C=O) groups is 2. The Morgan fingerprint density at radius 1 is 1.35 bits per heavy atom. The van der Waals surface area contributed by atoms with Crippen LogP contribution in [0.1, 0.15) is 22.2 Å². The second-order valence-electron chi connectivity index (χ2n) is 4.10. The van der Waals surface area contributed by atoms with Crippen molar-refractivity contribution in [3.05, 3.63) is 47.6 Å². The van der Waals surface area contributed by atoms with Gasteiger partial charge in [-0.05, 0) is 12.1 Å². The fourth-order valence-electron chi connectivity index (χ4n) is 2.17. The molecule has 0 radical (unpaired) electrons. The fraction of sp³-hybridized carbons (Fsp3) is 0.231. The summed E-state index contributed by atoms with van der Waals surface area (Å²) in [6, 6.07) is 3.24. The standard InChI is InChI=1S/C13H10O4/c14-5-9-2-4-12(17-9)10-3-1-8-6-16-7-11(8)13(10)15/h1-6,10-11H,7H2. The number of carbonyl (C=O) groups excluding carboxylic acids is 2. The maximum Gasteiger partial charge on any atom is 0.185 e. The van der Waals surface area contributed by atoms with Gasteiger partial charge in [0.1, 0.15) is 12.4 Å². The second kappa shape index (κ2) is 3.73. The van der Waals surface area contributed by atoms with Crippen molar-refractivity contribution in [2.24, 2.45) is 5.92 Å². The largest absolute Gasteiger partial charge is 0.500 e. The molecule has 0 bridgehead atoms. The van der Waals surface area contributed by atoms with Crippen LogP contribution in [0.25, 0.3) is 0 Å². The van der Waals surface area contributed by atoms with Crippen molar-refractivity contribution < 1.29 is 18.7 Å². The summed E-state index contributed by atoms with van der Waals surface area (Å²) in [6.07, 6.45) is 5.92. The summed E-state index contributed by atoms with van der Waals surface area (Å²) < 4.78 is 10.4. The minimum Gasteiger partial charge on any atom is -0.500 e. The normalized spacial score (nSPS) is 26.4. The SMILES string of the molecule is O=Cc1ccc(C2C=CC3=COCC3C2=O)o1. The molecule has 2 heterocycles. The average molecular weight is 230 g/mol. The molecule has 17 heavy (non-hydrogen) atoms. The number of Topliss-reactive ketones (excluding diaryl/α,β-unsaturated/α-hetero) is 1. The van der Waals surface area contributed by atoms with Gasteiger partial charge < -0.3 is 9.15 Å². The van der Waals surface area contributed by atoms with Crippen molar-refractivity contribution in [3.8, 4) is 0 Å². The van der Waals surface area contributed by atoms with E-state index in [2.05, 4.69) is 0 Å². The Labute approximate surface area is 97.6 Å². The van der Waals surface area contributed by atoms with E-state index in [1.807, 2.05) is 6.08 Å². The van der Waals surface area contributed by atoms with Gasteiger partial charge in [0.2, 0.25) is 0 Å². The number of rotatable bonds is 2. The summed E-state index contributed by atoms with van der Waals surface area (Å²) in [5.41, 5.74) is 0.911. The molecule has 2 atom stereocenters. The molecule has 0 spiro atoms. The zero-order chi connectivity index (χ0) is 11.8. The lowest BCUT2D eigenvalue weighted by molar-refractivity contribution is -0.123. The van der Waals surface area contributed by atoms with E-state index in [0.717, 1.165) is 5.57 Å². The molecule has 2 aliphatic rings. The first kappa shape index (κ1) is 10.1. The number of hydrogen-bond donors (Lipinski definition) is 0. The third-order valence-corrected chi connectivity index (χ3v) is 3.09. The van der Waals surface area contributed by atoms with Gasteiger partial charge in [-0.1, -0.05) is 12.2 Å². The predicted molar refractivity (Wildman–Crippen MR) is 58.5 cm³/mol. The van der Waals surface area contributed by atoms with Gasteiger partial charge in [-0.15, -0.1) is 0 Å². The smallest absolute Gasteiger partial charge is 0.185 e. The van der Waals surface area contributed by atoms with Crippen LogP contribution >= 0.6 is 0 Å². The van der Waals surface area contributed by atoms with Gasteiger partial charge in [0, 0.05) is 5.57 Å². The molecule has 1 aliphatic carbocycles. The fourth-order valence-corrected chi connectivity index (χ4v) is 2.17. The molecule has 1 aliphatic heterocycles. The summed E-state index contributed by atoms with van der Waals surface area (Å²) in [7, 11) is 0.